The SMILES string of the molecule is CO[C@]1(C)C[C@@]2(CO2)[C@H](O)[C@@H](/C=C/C(C)=C/C[C@H]2O[C@@H](C)[C@@H](NC(=O)/C=C\[C@H](C)OC(C)=O)C[C@H]2C)O1. The molecule has 3 aliphatic heterocycles. The number of hydrogen-bond donors (Lipinski definition) is 2. The Labute approximate surface area is 220 Å². The van der Waals surface area contributed by atoms with Gasteiger partial charge in [-0.05, 0) is 52.5 Å². The highest BCUT2D eigenvalue weighted by atomic mass is 16.7. The van der Waals surface area contributed by atoms with Gasteiger partial charge in [0.15, 0.2) is 5.79 Å². The van der Waals surface area contributed by atoms with E-state index < -0.39 is 29.7 Å². The van der Waals surface area contributed by atoms with Crippen molar-refractivity contribution >= 4 is 11.9 Å². The highest BCUT2D eigenvalue weighted by Crippen LogP contribution is 2.46. The van der Waals surface area contributed by atoms with Crippen LogP contribution in [0.2, 0.25) is 0 Å². The van der Waals surface area contributed by atoms with E-state index in [0.29, 0.717) is 13.0 Å². The first kappa shape index (κ1) is 29.5. The van der Waals surface area contributed by atoms with Crippen LogP contribution < -0.4 is 5.32 Å². The van der Waals surface area contributed by atoms with Gasteiger partial charge in [0, 0.05) is 26.5 Å². The maximum absolute atomic E-state index is 12.3. The first-order valence-electron chi connectivity index (χ1n) is 13.1. The molecule has 9 nitrogen and oxygen atoms in total. The first-order chi connectivity index (χ1) is 17.4. The van der Waals surface area contributed by atoms with Crippen molar-refractivity contribution in [2.24, 2.45) is 5.92 Å². The van der Waals surface area contributed by atoms with Crippen molar-refractivity contribution in [2.45, 2.75) is 109 Å². The molecule has 3 aliphatic rings. The Balaban J connectivity index is 1.50. The van der Waals surface area contributed by atoms with E-state index in [-0.39, 0.29) is 36.0 Å². The summed E-state index contributed by atoms with van der Waals surface area (Å²) in [6.45, 7) is 11.5. The van der Waals surface area contributed by atoms with Crippen LogP contribution in [-0.4, -0.2) is 78.6 Å². The number of methoxy groups -OCH3 is 1. The van der Waals surface area contributed by atoms with Gasteiger partial charge in [-0.25, -0.2) is 0 Å². The molecule has 9 heteroatoms. The van der Waals surface area contributed by atoms with Gasteiger partial charge in [0.1, 0.15) is 23.9 Å². The molecule has 208 valence electrons. The predicted molar refractivity (Wildman–Crippen MR) is 138 cm³/mol. The summed E-state index contributed by atoms with van der Waals surface area (Å²) in [6, 6.07) is -0.102. The van der Waals surface area contributed by atoms with E-state index in [1.54, 1.807) is 20.1 Å². The van der Waals surface area contributed by atoms with Gasteiger partial charge in [-0.1, -0.05) is 30.7 Å². The van der Waals surface area contributed by atoms with Gasteiger partial charge in [0.25, 0.3) is 0 Å². The summed E-state index contributed by atoms with van der Waals surface area (Å²) in [5, 5.41) is 13.7. The quantitative estimate of drug-likeness (QED) is 0.206. The fraction of sp³-hybridized carbons (Fsp3) is 0.714. The highest BCUT2D eigenvalue weighted by molar-refractivity contribution is 5.87. The maximum atomic E-state index is 12.3. The molecule has 0 bridgehead atoms. The number of carbonyl (C=O) groups excluding carboxylic acids is 2. The summed E-state index contributed by atoms with van der Waals surface area (Å²) in [6.07, 6.45) is 9.09. The number of nitrogens with one attached hydrogen (secondary N) is 1. The molecule has 0 radical (unpaired) electrons. The summed E-state index contributed by atoms with van der Waals surface area (Å²) < 4.78 is 28.4. The molecule has 2 N–H and O–H groups in total. The second-order valence-electron chi connectivity index (χ2n) is 10.8. The number of amides is 1. The Morgan fingerprint density at radius 2 is 1.95 bits per heavy atom. The number of carbonyl (C=O) groups is 2. The van der Waals surface area contributed by atoms with Gasteiger partial charge >= 0.3 is 5.97 Å². The Kier molecular flexibility index (Phi) is 9.74. The molecule has 0 aromatic rings. The lowest BCUT2D eigenvalue weighted by atomic mass is 9.87. The number of esters is 1. The van der Waals surface area contributed by atoms with E-state index in [1.165, 1.54) is 13.0 Å². The molecule has 3 fully saturated rings. The standard InChI is InChI=1S/C28H43NO8/c1-17(9-12-24-26(32)28(16-34-28)15-27(6,33-7)37-24)8-11-23-18(2)14-22(20(4)36-23)29-25(31)13-10-19(3)35-21(5)30/h8-10,12-13,18-20,22-24,26,32H,11,14-16H2,1-7H3,(H,29,31)/b12-9+,13-10-,17-8+/t18-,19+,20+,22+,23-,24-,26-,27+,28-/m1/s1. The third kappa shape index (κ3) is 7.97. The molecule has 0 aromatic heterocycles. The smallest absolute Gasteiger partial charge is 0.303 e. The minimum absolute atomic E-state index is 0.0301. The average Bonchev–Trinajstić information content (AvgIpc) is 3.59. The van der Waals surface area contributed by atoms with Crippen molar-refractivity contribution in [3.05, 3.63) is 36.0 Å². The zero-order valence-corrected chi connectivity index (χ0v) is 23.1. The molecular weight excluding hydrogens is 478 g/mol. The summed E-state index contributed by atoms with van der Waals surface area (Å²) >= 11 is 0. The van der Waals surface area contributed by atoms with Crippen LogP contribution in [0.3, 0.4) is 0 Å². The van der Waals surface area contributed by atoms with Gasteiger partial charge in [-0.2, -0.15) is 0 Å². The fourth-order valence-electron chi connectivity index (χ4n) is 5.06. The minimum atomic E-state index is -0.799. The number of hydrogen-bond acceptors (Lipinski definition) is 8. The number of epoxide rings is 1. The minimum Gasteiger partial charge on any atom is -0.459 e. The highest BCUT2D eigenvalue weighted by Gasteiger charge is 2.61. The number of ether oxygens (including phenoxy) is 5. The average molecular weight is 522 g/mol. The Morgan fingerprint density at radius 3 is 2.57 bits per heavy atom. The van der Waals surface area contributed by atoms with Crippen molar-refractivity contribution < 1.29 is 38.4 Å². The van der Waals surface area contributed by atoms with Gasteiger partial charge in [-0.3, -0.25) is 9.59 Å². The lowest BCUT2D eigenvalue weighted by Gasteiger charge is -2.42. The summed E-state index contributed by atoms with van der Waals surface area (Å²) in [5.41, 5.74) is 0.455. The van der Waals surface area contributed by atoms with Crippen molar-refractivity contribution in [3.8, 4) is 0 Å². The third-order valence-electron chi connectivity index (χ3n) is 7.44. The number of allylic oxidation sites excluding steroid dienone is 2. The zero-order valence-electron chi connectivity index (χ0n) is 23.1. The van der Waals surface area contributed by atoms with Crippen LogP contribution in [-0.2, 0) is 33.3 Å². The molecular formula is C28H43NO8. The number of aliphatic hydroxyl groups excluding tert-OH is 1. The first-order valence-corrected chi connectivity index (χ1v) is 13.1. The van der Waals surface area contributed by atoms with Crippen molar-refractivity contribution in [3.63, 3.8) is 0 Å². The topological polar surface area (TPSA) is 116 Å². The van der Waals surface area contributed by atoms with E-state index in [4.69, 9.17) is 23.7 Å². The predicted octanol–water partition coefficient (Wildman–Crippen LogP) is 2.97. The summed E-state index contributed by atoms with van der Waals surface area (Å²) in [7, 11) is 1.60. The van der Waals surface area contributed by atoms with Crippen LogP contribution in [0.25, 0.3) is 0 Å². The van der Waals surface area contributed by atoms with Gasteiger partial charge in [0.05, 0.1) is 24.9 Å². The lowest BCUT2D eigenvalue weighted by molar-refractivity contribution is -0.284. The van der Waals surface area contributed by atoms with E-state index in [2.05, 4.69) is 18.3 Å². The van der Waals surface area contributed by atoms with E-state index >= 15 is 0 Å². The Bertz CT molecular complexity index is 910. The van der Waals surface area contributed by atoms with Crippen molar-refractivity contribution in [1.82, 2.24) is 5.32 Å². The number of rotatable bonds is 9. The largest absolute Gasteiger partial charge is 0.459 e. The molecule has 1 amide bonds. The molecule has 0 unspecified atom stereocenters. The molecule has 3 rings (SSSR count). The zero-order chi connectivity index (χ0) is 27.4. The van der Waals surface area contributed by atoms with Gasteiger partial charge in [0.2, 0.25) is 5.91 Å². The van der Waals surface area contributed by atoms with Crippen LogP contribution in [0.1, 0.15) is 60.8 Å². The monoisotopic (exact) mass is 521 g/mol. The van der Waals surface area contributed by atoms with E-state index in [1.807, 2.05) is 32.9 Å². The summed E-state index contributed by atoms with van der Waals surface area (Å²) in [5.74, 6) is -1.18. The third-order valence-corrected chi connectivity index (χ3v) is 7.44. The molecule has 1 spiro atoms. The van der Waals surface area contributed by atoms with E-state index in [0.717, 1.165) is 18.4 Å². The number of aliphatic hydroxyl groups is 1. The molecule has 3 heterocycles. The molecule has 0 aromatic carbocycles. The maximum Gasteiger partial charge on any atom is 0.303 e. The van der Waals surface area contributed by atoms with Crippen LogP contribution in [0.5, 0.6) is 0 Å². The van der Waals surface area contributed by atoms with Crippen LogP contribution >= 0.6 is 0 Å². The Morgan fingerprint density at radius 1 is 1.24 bits per heavy atom. The van der Waals surface area contributed by atoms with E-state index in [9.17, 15) is 14.7 Å². The molecule has 3 saturated heterocycles. The second-order valence-corrected chi connectivity index (χ2v) is 10.8. The van der Waals surface area contributed by atoms with Crippen molar-refractivity contribution in [2.75, 3.05) is 13.7 Å². The molecule has 9 atom stereocenters. The van der Waals surface area contributed by atoms with Gasteiger partial charge in [-0.15, -0.1) is 0 Å². The van der Waals surface area contributed by atoms with Gasteiger partial charge < -0.3 is 34.1 Å². The summed E-state index contributed by atoms with van der Waals surface area (Å²) in [4.78, 5) is 23.3. The second kappa shape index (κ2) is 12.2. The van der Waals surface area contributed by atoms with Crippen LogP contribution in [0.15, 0.2) is 36.0 Å². The van der Waals surface area contributed by atoms with Crippen LogP contribution in [0.4, 0.5) is 0 Å². The lowest BCUT2D eigenvalue weighted by Crippen LogP contribution is -2.55. The van der Waals surface area contributed by atoms with Crippen molar-refractivity contribution in [1.29, 1.82) is 0 Å². The molecule has 37 heavy (non-hydrogen) atoms. The van der Waals surface area contributed by atoms with Crippen LogP contribution in [0, 0.1) is 5.92 Å². The fourth-order valence-corrected chi connectivity index (χ4v) is 5.06. The molecule has 0 saturated carbocycles. The Hall–Kier alpha value is -2.04. The molecule has 0 aliphatic carbocycles. The normalized spacial score (nSPS) is 39.2.